The SMILES string of the molecule is FC(F)n1ccnc1CN1CCN(c2cc(N3CCCC3)ncn2)CC1. The summed E-state index contributed by atoms with van der Waals surface area (Å²) in [6.07, 6.45) is 6.82. The number of imidazole rings is 1. The van der Waals surface area contributed by atoms with E-state index in [1.807, 2.05) is 0 Å². The average molecular weight is 363 g/mol. The molecule has 2 fully saturated rings. The molecule has 0 radical (unpaired) electrons. The second-order valence-corrected chi connectivity index (χ2v) is 6.72. The minimum atomic E-state index is -2.54. The number of aromatic nitrogens is 4. The van der Waals surface area contributed by atoms with Gasteiger partial charge in [-0.05, 0) is 12.8 Å². The fourth-order valence-electron chi connectivity index (χ4n) is 3.61. The van der Waals surface area contributed by atoms with Gasteiger partial charge in [0.15, 0.2) is 0 Å². The van der Waals surface area contributed by atoms with Crippen LogP contribution in [0.25, 0.3) is 0 Å². The first-order valence-corrected chi connectivity index (χ1v) is 9.05. The van der Waals surface area contributed by atoms with E-state index in [-0.39, 0.29) is 0 Å². The fraction of sp³-hybridized carbons (Fsp3) is 0.588. The van der Waals surface area contributed by atoms with Gasteiger partial charge in [0.2, 0.25) is 0 Å². The summed E-state index contributed by atoms with van der Waals surface area (Å²) in [5.41, 5.74) is 0. The Bertz CT molecular complexity index is 721. The highest BCUT2D eigenvalue weighted by molar-refractivity contribution is 5.50. The molecule has 140 valence electrons. The molecule has 9 heteroatoms. The van der Waals surface area contributed by atoms with Crippen LogP contribution in [0.5, 0.6) is 0 Å². The molecule has 26 heavy (non-hydrogen) atoms. The predicted molar refractivity (Wildman–Crippen MR) is 94.4 cm³/mol. The summed E-state index contributed by atoms with van der Waals surface area (Å²) >= 11 is 0. The molecule has 0 spiro atoms. The van der Waals surface area contributed by atoms with Crippen LogP contribution in [0.1, 0.15) is 25.2 Å². The molecule has 0 amide bonds. The maximum atomic E-state index is 12.9. The van der Waals surface area contributed by atoms with E-state index in [0.29, 0.717) is 12.4 Å². The van der Waals surface area contributed by atoms with Gasteiger partial charge in [0.1, 0.15) is 23.8 Å². The van der Waals surface area contributed by atoms with Gasteiger partial charge in [0, 0.05) is 57.7 Å². The molecule has 0 aromatic carbocycles. The van der Waals surface area contributed by atoms with Crippen molar-refractivity contribution >= 4 is 11.6 Å². The van der Waals surface area contributed by atoms with Crippen LogP contribution in [0.2, 0.25) is 0 Å². The minimum absolute atomic E-state index is 0.409. The zero-order valence-electron chi connectivity index (χ0n) is 14.6. The van der Waals surface area contributed by atoms with Crippen molar-refractivity contribution in [1.82, 2.24) is 24.4 Å². The van der Waals surface area contributed by atoms with Crippen molar-refractivity contribution in [2.75, 3.05) is 49.1 Å². The predicted octanol–water partition coefficient (Wildman–Crippen LogP) is 1.99. The van der Waals surface area contributed by atoms with Crippen molar-refractivity contribution in [3.63, 3.8) is 0 Å². The highest BCUT2D eigenvalue weighted by atomic mass is 19.3. The third kappa shape index (κ3) is 3.62. The highest BCUT2D eigenvalue weighted by Crippen LogP contribution is 2.22. The molecular weight excluding hydrogens is 340 g/mol. The van der Waals surface area contributed by atoms with Crippen molar-refractivity contribution in [2.24, 2.45) is 0 Å². The quantitative estimate of drug-likeness (QED) is 0.810. The molecule has 2 aliphatic rings. The number of anilines is 2. The second-order valence-electron chi connectivity index (χ2n) is 6.72. The number of alkyl halides is 2. The van der Waals surface area contributed by atoms with Crippen LogP contribution in [-0.2, 0) is 6.54 Å². The number of halogens is 2. The summed E-state index contributed by atoms with van der Waals surface area (Å²) in [4.78, 5) is 19.6. The van der Waals surface area contributed by atoms with Crippen molar-refractivity contribution < 1.29 is 8.78 Å². The molecule has 2 aromatic heterocycles. The van der Waals surface area contributed by atoms with Gasteiger partial charge in [-0.3, -0.25) is 9.47 Å². The van der Waals surface area contributed by atoms with Crippen molar-refractivity contribution in [3.8, 4) is 0 Å². The molecule has 2 aliphatic heterocycles. The first-order chi connectivity index (χ1) is 12.7. The summed E-state index contributed by atoms with van der Waals surface area (Å²) in [5, 5.41) is 0. The van der Waals surface area contributed by atoms with Gasteiger partial charge in [-0.2, -0.15) is 8.78 Å². The Hall–Kier alpha value is -2.29. The fourth-order valence-corrected chi connectivity index (χ4v) is 3.61. The lowest BCUT2D eigenvalue weighted by Gasteiger charge is -2.35. The van der Waals surface area contributed by atoms with E-state index in [0.717, 1.165) is 55.5 Å². The zero-order valence-corrected chi connectivity index (χ0v) is 14.6. The number of rotatable bonds is 5. The van der Waals surface area contributed by atoms with Gasteiger partial charge in [0.05, 0.1) is 6.54 Å². The lowest BCUT2D eigenvalue weighted by molar-refractivity contribution is 0.0637. The number of hydrogen-bond acceptors (Lipinski definition) is 6. The Labute approximate surface area is 151 Å². The van der Waals surface area contributed by atoms with Crippen molar-refractivity contribution in [2.45, 2.75) is 25.9 Å². The van der Waals surface area contributed by atoms with Crippen LogP contribution in [0.15, 0.2) is 24.8 Å². The van der Waals surface area contributed by atoms with E-state index in [1.54, 1.807) is 6.33 Å². The van der Waals surface area contributed by atoms with Crippen molar-refractivity contribution in [1.29, 1.82) is 0 Å². The first kappa shape index (κ1) is 17.1. The van der Waals surface area contributed by atoms with Gasteiger partial charge in [-0.25, -0.2) is 15.0 Å². The lowest BCUT2D eigenvalue weighted by atomic mass is 10.3. The summed E-state index contributed by atoms with van der Waals surface area (Å²) in [6, 6.07) is 2.06. The molecule has 0 atom stereocenters. The summed E-state index contributed by atoms with van der Waals surface area (Å²) in [5.74, 6) is 2.34. The molecule has 2 saturated heterocycles. The van der Waals surface area contributed by atoms with Gasteiger partial charge >= 0.3 is 6.55 Å². The van der Waals surface area contributed by atoms with E-state index in [9.17, 15) is 8.78 Å². The number of nitrogens with zero attached hydrogens (tertiary/aromatic N) is 7. The van der Waals surface area contributed by atoms with Crippen molar-refractivity contribution in [3.05, 3.63) is 30.6 Å². The Kier molecular flexibility index (Phi) is 4.96. The molecular formula is C17H23F2N7. The van der Waals surface area contributed by atoms with Gasteiger partial charge in [-0.15, -0.1) is 0 Å². The second kappa shape index (κ2) is 7.53. The summed E-state index contributed by atoms with van der Waals surface area (Å²) in [7, 11) is 0. The smallest absolute Gasteiger partial charge is 0.319 e. The zero-order chi connectivity index (χ0) is 17.9. The van der Waals surface area contributed by atoms with E-state index >= 15 is 0 Å². The monoisotopic (exact) mass is 363 g/mol. The summed E-state index contributed by atoms with van der Waals surface area (Å²) < 4.78 is 26.8. The maximum absolute atomic E-state index is 12.9. The molecule has 0 unspecified atom stereocenters. The molecule has 4 heterocycles. The van der Waals surface area contributed by atoms with Gasteiger partial charge in [-0.1, -0.05) is 0 Å². The number of hydrogen-bond donors (Lipinski definition) is 0. The van der Waals surface area contributed by atoms with Crippen LogP contribution < -0.4 is 9.80 Å². The Morgan fingerprint density at radius 3 is 2.19 bits per heavy atom. The third-order valence-corrected chi connectivity index (χ3v) is 5.09. The lowest BCUT2D eigenvalue weighted by Crippen LogP contribution is -2.46. The normalized spacial score (nSPS) is 18.9. The maximum Gasteiger partial charge on any atom is 0.319 e. The van der Waals surface area contributed by atoms with Crippen LogP contribution >= 0.6 is 0 Å². The van der Waals surface area contributed by atoms with Crippen LogP contribution in [0.4, 0.5) is 20.4 Å². The molecule has 0 saturated carbocycles. The van der Waals surface area contributed by atoms with Gasteiger partial charge in [0.25, 0.3) is 0 Å². The van der Waals surface area contributed by atoms with E-state index < -0.39 is 6.55 Å². The summed E-state index contributed by atoms with van der Waals surface area (Å²) in [6.45, 7) is 3.21. The standard InChI is InChI=1S/C17H23F2N7/c18-17(19)26-6-3-20-16(26)12-23-7-9-25(10-8-23)15-11-14(21-13-22-15)24-4-1-2-5-24/h3,6,11,13,17H,1-2,4-5,7-10,12H2. The molecule has 2 aromatic rings. The van der Waals surface area contributed by atoms with Crippen LogP contribution in [0.3, 0.4) is 0 Å². The largest absolute Gasteiger partial charge is 0.356 e. The Balaban J connectivity index is 1.36. The molecule has 0 aliphatic carbocycles. The van der Waals surface area contributed by atoms with E-state index in [4.69, 9.17) is 0 Å². The topological polar surface area (TPSA) is 53.3 Å². The third-order valence-electron chi connectivity index (χ3n) is 5.09. The molecule has 7 nitrogen and oxygen atoms in total. The Morgan fingerprint density at radius 2 is 1.54 bits per heavy atom. The first-order valence-electron chi connectivity index (χ1n) is 9.05. The molecule has 0 N–H and O–H groups in total. The minimum Gasteiger partial charge on any atom is -0.356 e. The molecule has 4 rings (SSSR count). The van der Waals surface area contributed by atoms with Crippen LogP contribution in [0, 0.1) is 0 Å². The van der Waals surface area contributed by atoms with Crippen LogP contribution in [-0.4, -0.2) is 63.7 Å². The van der Waals surface area contributed by atoms with E-state index in [1.165, 1.54) is 25.2 Å². The highest BCUT2D eigenvalue weighted by Gasteiger charge is 2.22. The molecule has 0 bridgehead atoms. The number of piperazine rings is 1. The van der Waals surface area contributed by atoms with Gasteiger partial charge < -0.3 is 9.80 Å². The average Bonchev–Trinajstić information content (AvgIpc) is 3.34. The van der Waals surface area contributed by atoms with E-state index in [2.05, 4.69) is 35.7 Å². The Morgan fingerprint density at radius 1 is 0.885 bits per heavy atom.